The van der Waals surface area contributed by atoms with Crippen molar-refractivity contribution in [1.29, 1.82) is 0 Å². The van der Waals surface area contributed by atoms with Gasteiger partial charge in [-0.1, -0.05) is 56.3 Å². The summed E-state index contributed by atoms with van der Waals surface area (Å²) >= 11 is 0. The van der Waals surface area contributed by atoms with Gasteiger partial charge >= 0.3 is 0 Å². The number of fused-ring (bicyclic) bond motifs is 1. The molecule has 0 saturated carbocycles. The summed E-state index contributed by atoms with van der Waals surface area (Å²) in [5, 5.41) is 0. The van der Waals surface area contributed by atoms with E-state index in [0.717, 1.165) is 18.4 Å². The van der Waals surface area contributed by atoms with Crippen LogP contribution in [0, 0.1) is 0 Å². The maximum atomic E-state index is 11.0. The number of aldehydes is 1. The Labute approximate surface area is 132 Å². The highest BCUT2D eigenvalue weighted by Gasteiger charge is 2.38. The van der Waals surface area contributed by atoms with Crippen LogP contribution < -0.4 is 4.90 Å². The third-order valence-corrected chi connectivity index (χ3v) is 4.57. The largest absolute Gasteiger partial charge is 0.347 e. The first-order valence-corrected chi connectivity index (χ1v) is 7.61. The minimum atomic E-state index is -0.141. The highest BCUT2D eigenvalue weighted by Crippen LogP contribution is 2.47. The normalized spacial score (nSPS) is 17.6. The Bertz CT molecular complexity index is 729. The van der Waals surface area contributed by atoms with E-state index in [4.69, 9.17) is 0 Å². The molecule has 0 spiro atoms. The average Bonchev–Trinajstić information content (AvgIpc) is 2.70. The van der Waals surface area contributed by atoms with Gasteiger partial charge in [0.25, 0.3) is 0 Å². The van der Waals surface area contributed by atoms with Gasteiger partial charge in [-0.3, -0.25) is 4.79 Å². The van der Waals surface area contributed by atoms with Gasteiger partial charge in [-0.15, -0.1) is 0 Å². The summed E-state index contributed by atoms with van der Waals surface area (Å²) in [6.07, 6.45) is 3.49. The molecular formula is C20H21NO. The van der Waals surface area contributed by atoms with Crippen LogP contribution in [-0.2, 0) is 16.6 Å². The van der Waals surface area contributed by atoms with Crippen molar-refractivity contribution in [3.05, 3.63) is 77.0 Å². The van der Waals surface area contributed by atoms with Crippen molar-refractivity contribution in [3.8, 4) is 0 Å². The van der Waals surface area contributed by atoms with Gasteiger partial charge in [0.1, 0.15) is 6.29 Å². The molecule has 1 aliphatic heterocycles. The summed E-state index contributed by atoms with van der Waals surface area (Å²) in [6, 6.07) is 17.1. The number of hydrogen-bond donors (Lipinski definition) is 0. The van der Waals surface area contributed by atoms with Gasteiger partial charge in [0.2, 0.25) is 0 Å². The van der Waals surface area contributed by atoms with E-state index in [1.165, 1.54) is 22.4 Å². The first-order valence-electron chi connectivity index (χ1n) is 7.61. The fraction of sp³-hybridized carbons (Fsp3) is 0.250. The molecule has 0 unspecified atom stereocenters. The van der Waals surface area contributed by atoms with Crippen LogP contribution in [0.4, 0.5) is 5.69 Å². The molecule has 0 saturated heterocycles. The first-order chi connectivity index (χ1) is 10.5. The summed E-state index contributed by atoms with van der Waals surface area (Å²) in [5.74, 6) is 0. The van der Waals surface area contributed by atoms with Crippen LogP contribution in [0.5, 0.6) is 0 Å². The van der Waals surface area contributed by atoms with Crippen molar-refractivity contribution < 1.29 is 4.79 Å². The van der Waals surface area contributed by atoms with Gasteiger partial charge in [-0.25, -0.2) is 0 Å². The zero-order valence-electron chi connectivity index (χ0n) is 13.3. The maximum absolute atomic E-state index is 11.0. The molecule has 2 nitrogen and oxygen atoms in total. The predicted octanol–water partition coefficient (Wildman–Crippen LogP) is 4.09. The summed E-state index contributed by atoms with van der Waals surface area (Å²) < 4.78 is 0. The second-order valence-corrected chi connectivity index (χ2v) is 6.39. The molecule has 2 aromatic rings. The molecule has 0 N–H and O–H groups in total. The van der Waals surface area contributed by atoms with Crippen molar-refractivity contribution in [3.63, 3.8) is 0 Å². The third kappa shape index (κ3) is 2.35. The fourth-order valence-corrected chi connectivity index (χ4v) is 3.39. The van der Waals surface area contributed by atoms with E-state index in [1.54, 1.807) is 6.08 Å². The van der Waals surface area contributed by atoms with Gasteiger partial charge in [0.15, 0.2) is 0 Å². The summed E-state index contributed by atoms with van der Waals surface area (Å²) in [7, 11) is 2.03. The Morgan fingerprint density at radius 3 is 2.45 bits per heavy atom. The molecule has 3 rings (SSSR count). The molecule has 2 heteroatoms. The monoisotopic (exact) mass is 291 g/mol. The van der Waals surface area contributed by atoms with Gasteiger partial charge in [-0.2, -0.15) is 0 Å². The van der Waals surface area contributed by atoms with E-state index in [1.807, 2.05) is 13.1 Å². The molecule has 0 amide bonds. The zero-order chi connectivity index (χ0) is 15.7. The Hall–Kier alpha value is -2.35. The number of nitrogens with zero attached hydrogens (tertiary/aromatic N) is 1. The van der Waals surface area contributed by atoms with Crippen molar-refractivity contribution in [2.75, 3.05) is 11.9 Å². The molecule has 22 heavy (non-hydrogen) atoms. The van der Waals surface area contributed by atoms with Crippen LogP contribution in [0.3, 0.4) is 0 Å². The standard InChI is InChI=1S/C20H21NO/c1-20(2)17-14-16(13-15-7-5-4-6-8-15)9-10-18(17)21(3)19(20)11-12-22/h4-12,14H,13H2,1-3H3/b19-11-. The lowest BCUT2D eigenvalue weighted by Crippen LogP contribution is -2.23. The van der Waals surface area contributed by atoms with Crippen molar-refractivity contribution in [2.45, 2.75) is 25.7 Å². The Morgan fingerprint density at radius 2 is 1.77 bits per heavy atom. The van der Waals surface area contributed by atoms with E-state index in [0.29, 0.717) is 0 Å². The molecule has 0 bridgehead atoms. The van der Waals surface area contributed by atoms with Gasteiger partial charge < -0.3 is 4.90 Å². The molecule has 112 valence electrons. The topological polar surface area (TPSA) is 20.3 Å². The number of benzene rings is 2. The van der Waals surface area contributed by atoms with E-state index in [-0.39, 0.29) is 5.41 Å². The van der Waals surface area contributed by atoms with Crippen molar-refractivity contribution in [2.24, 2.45) is 0 Å². The number of carbonyl (C=O) groups excluding carboxylic acids is 1. The first kappa shape index (κ1) is 14.6. The van der Waals surface area contributed by atoms with E-state index in [2.05, 4.69) is 61.2 Å². The molecule has 0 radical (unpaired) electrons. The van der Waals surface area contributed by atoms with Gasteiger partial charge in [0.05, 0.1) is 0 Å². The number of hydrogen-bond acceptors (Lipinski definition) is 2. The number of carbonyl (C=O) groups is 1. The van der Waals surface area contributed by atoms with Crippen molar-refractivity contribution >= 4 is 12.0 Å². The maximum Gasteiger partial charge on any atom is 0.144 e. The highest BCUT2D eigenvalue weighted by molar-refractivity contribution is 5.77. The quantitative estimate of drug-likeness (QED) is 0.627. The number of anilines is 1. The van der Waals surface area contributed by atoms with Crippen LogP contribution in [0.25, 0.3) is 0 Å². The zero-order valence-corrected chi connectivity index (χ0v) is 13.3. The highest BCUT2D eigenvalue weighted by atomic mass is 16.1. The Kier molecular flexibility index (Phi) is 3.61. The summed E-state index contributed by atoms with van der Waals surface area (Å²) in [5.41, 5.74) is 6.01. The SMILES string of the molecule is CN1/C(=C\C=O)C(C)(C)c2cc(Cc3ccccc3)ccc21. The summed E-state index contributed by atoms with van der Waals surface area (Å²) in [6.45, 7) is 4.36. The number of allylic oxidation sites excluding steroid dienone is 2. The Balaban J connectivity index is 2.00. The molecule has 2 aromatic carbocycles. The second-order valence-electron chi connectivity index (χ2n) is 6.39. The van der Waals surface area contributed by atoms with E-state index < -0.39 is 0 Å². The van der Waals surface area contributed by atoms with Gasteiger partial charge in [-0.05, 0) is 35.3 Å². The lowest BCUT2D eigenvalue weighted by atomic mass is 9.82. The second kappa shape index (κ2) is 5.45. The van der Waals surface area contributed by atoms with Crippen LogP contribution >= 0.6 is 0 Å². The minimum absolute atomic E-state index is 0.141. The average molecular weight is 291 g/mol. The van der Waals surface area contributed by atoms with Crippen LogP contribution in [0.15, 0.2) is 60.3 Å². The van der Waals surface area contributed by atoms with Crippen molar-refractivity contribution in [1.82, 2.24) is 0 Å². The van der Waals surface area contributed by atoms with Gasteiger partial charge in [0, 0.05) is 23.8 Å². The molecule has 0 aliphatic carbocycles. The summed E-state index contributed by atoms with van der Waals surface area (Å²) in [4.78, 5) is 13.1. The van der Waals surface area contributed by atoms with E-state index >= 15 is 0 Å². The molecule has 1 aliphatic rings. The minimum Gasteiger partial charge on any atom is -0.347 e. The van der Waals surface area contributed by atoms with Crippen LogP contribution in [-0.4, -0.2) is 13.3 Å². The lowest BCUT2D eigenvalue weighted by molar-refractivity contribution is -0.104. The smallest absolute Gasteiger partial charge is 0.144 e. The molecule has 0 atom stereocenters. The molecule has 0 aromatic heterocycles. The molecular weight excluding hydrogens is 270 g/mol. The number of likely N-dealkylation sites (N-methyl/N-ethyl adjacent to an activating group) is 1. The number of rotatable bonds is 3. The molecule has 0 fully saturated rings. The van der Waals surface area contributed by atoms with Crippen LogP contribution in [0.1, 0.15) is 30.5 Å². The lowest BCUT2D eigenvalue weighted by Gasteiger charge is -2.23. The Morgan fingerprint density at radius 1 is 1.05 bits per heavy atom. The van der Waals surface area contributed by atoms with Crippen LogP contribution in [0.2, 0.25) is 0 Å². The predicted molar refractivity (Wildman–Crippen MR) is 91.3 cm³/mol. The fourth-order valence-electron chi connectivity index (χ4n) is 3.39. The molecule has 1 heterocycles. The van der Waals surface area contributed by atoms with E-state index in [9.17, 15) is 4.79 Å². The third-order valence-electron chi connectivity index (χ3n) is 4.57.